The number of aryl methyl sites for hydroxylation is 1. The molecule has 1 saturated heterocycles. The SMILES string of the molecule is Cc1cc(-c2[nH]c3ccc(C4CCN(CC(F)(F)F)CC4)cc3c2C(C)C)ccn1. The molecule has 1 aromatic carbocycles. The Bertz CT molecular complexity index is 1030. The molecule has 160 valence electrons. The summed E-state index contributed by atoms with van der Waals surface area (Å²) in [5.41, 5.74) is 6.85. The van der Waals surface area contributed by atoms with Crippen LogP contribution in [0.1, 0.15) is 55.3 Å². The first-order valence-corrected chi connectivity index (χ1v) is 10.6. The van der Waals surface area contributed by atoms with Crippen LogP contribution in [0.3, 0.4) is 0 Å². The van der Waals surface area contributed by atoms with Gasteiger partial charge in [-0.25, -0.2) is 0 Å². The Hall–Kier alpha value is -2.34. The van der Waals surface area contributed by atoms with E-state index in [1.807, 2.05) is 19.2 Å². The number of aromatic nitrogens is 2. The lowest BCUT2D eigenvalue weighted by molar-refractivity contribution is -0.147. The van der Waals surface area contributed by atoms with Gasteiger partial charge in [0.15, 0.2) is 0 Å². The summed E-state index contributed by atoms with van der Waals surface area (Å²) in [6, 6.07) is 10.6. The van der Waals surface area contributed by atoms with E-state index < -0.39 is 12.7 Å². The van der Waals surface area contributed by atoms with Crippen molar-refractivity contribution < 1.29 is 13.2 Å². The van der Waals surface area contributed by atoms with Gasteiger partial charge in [0.25, 0.3) is 0 Å². The average Bonchev–Trinajstić information content (AvgIpc) is 3.06. The minimum atomic E-state index is -4.12. The van der Waals surface area contributed by atoms with Crippen molar-refractivity contribution in [1.82, 2.24) is 14.9 Å². The summed E-state index contributed by atoms with van der Waals surface area (Å²) < 4.78 is 38.0. The molecule has 0 aliphatic carbocycles. The predicted molar refractivity (Wildman–Crippen MR) is 115 cm³/mol. The number of pyridine rings is 1. The summed E-state index contributed by atoms with van der Waals surface area (Å²) in [6.45, 7) is 6.57. The molecule has 2 aromatic heterocycles. The highest BCUT2D eigenvalue weighted by Gasteiger charge is 2.32. The Kier molecular flexibility index (Phi) is 5.62. The third-order valence-electron chi connectivity index (χ3n) is 6.09. The number of halogens is 3. The highest BCUT2D eigenvalue weighted by atomic mass is 19.4. The Balaban J connectivity index is 1.64. The summed E-state index contributed by atoms with van der Waals surface area (Å²) in [5, 5.41) is 1.21. The van der Waals surface area contributed by atoms with E-state index in [2.05, 4.69) is 48.1 Å². The number of hydrogen-bond donors (Lipinski definition) is 1. The number of likely N-dealkylation sites (tertiary alicyclic amines) is 1. The minimum Gasteiger partial charge on any atom is -0.354 e. The summed E-state index contributed by atoms with van der Waals surface area (Å²) in [5.74, 6) is 0.645. The quantitative estimate of drug-likeness (QED) is 0.534. The number of aromatic amines is 1. The third kappa shape index (κ3) is 4.38. The van der Waals surface area contributed by atoms with Crippen molar-refractivity contribution >= 4 is 10.9 Å². The minimum absolute atomic E-state index is 0.306. The molecule has 3 heterocycles. The number of nitrogens with one attached hydrogen (secondary N) is 1. The van der Waals surface area contributed by atoms with Crippen molar-refractivity contribution in [3.8, 4) is 11.3 Å². The van der Waals surface area contributed by atoms with Crippen LogP contribution in [-0.4, -0.2) is 40.7 Å². The van der Waals surface area contributed by atoms with Gasteiger partial charge in [-0.2, -0.15) is 13.2 Å². The van der Waals surface area contributed by atoms with E-state index in [1.165, 1.54) is 21.4 Å². The second kappa shape index (κ2) is 8.06. The molecule has 1 aliphatic heterocycles. The van der Waals surface area contributed by atoms with Crippen LogP contribution in [0.5, 0.6) is 0 Å². The molecular weight excluding hydrogens is 387 g/mol. The summed E-state index contributed by atoms with van der Waals surface area (Å²) >= 11 is 0. The lowest BCUT2D eigenvalue weighted by Crippen LogP contribution is -2.39. The summed E-state index contributed by atoms with van der Waals surface area (Å²) in [4.78, 5) is 9.42. The van der Waals surface area contributed by atoms with Gasteiger partial charge in [-0.05, 0) is 80.1 Å². The third-order valence-corrected chi connectivity index (χ3v) is 6.09. The van der Waals surface area contributed by atoms with Crippen molar-refractivity contribution in [2.24, 2.45) is 0 Å². The van der Waals surface area contributed by atoms with Gasteiger partial charge in [-0.3, -0.25) is 9.88 Å². The maximum Gasteiger partial charge on any atom is 0.401 e. The molecule has 1 aliphatic rings. The molecule has 1 N–H and O–H groups in total. The zero-order valence-electron chi connectivity index (χ0n) is 17.7. The lowest BCUT2D eigenvalue weighted by atomic mass is 9.87. The lowest BCUT2D eigenvalue weighted by Gasteiger charge is -2.32. The maximum atomic E-state index is 12.7. The average molecular weight is 416 g/mol. The Morgan fingerprint density at radius 2 is 1.87 bits per heavy atom. The van der Waals surface area contributed by atoms with Gasteiger partial charge >= 0.3 is 6.18 Å². The molecule has 0 unspecified atom stereocenters. The van der Waals surface area contributed by atoms with Gasteiger partial charge in [-0.15, -0.1) is 0 Å². The zero-order valence-corrected chi connectivity index (χ0v) is 17.7. The van der Waals surface area contributed by atoms with Gasteiger partial charge in [0.05, 0.1) is 12.2 Å². The summed E-state index contributed by atoms with van der Waals surface area (Å²) in [7, 11) is 0. The zero-order chi connectivity index (χ0) is 21.5. The molecule has 3 nitrogen and oxygen atoms in total. The van der Waals surface area contributed by atoms with Crippen LogP contribution in [0.4, 0.5) is 13.2 Å². The second-order valence-corrected chi connectivity index (χ2v) is 8.72. The van der Waals surface area contributed by atoms with Gasteiger partial charge in [0.1, 0.15) is 0 Å². The van der Waals surface area contributed by atoms with E-state index in [0.29, 0.717) is 24.9 Å². The molecule has 0 saturated carbocycles. The van der Waals surface area contributed by atoms with E-state index >= 15 is 0 Å². The van der Waals surface area contributed by atoms with E-state index in [1.54, 1.807) is 0 Å². The molecule has 30 heavy (non-hydrogen) atoms. The molecule has 0 atom stereocenters. The van der Waals surface area contributed by atoms with Gasteiger partial charge in [0, 0.05) is 28.4 Å². The maximum absolute atomic E-state index is 12.7. The Labute approximate surface area is 175 Å². The predicted octanol–water partition coefficient (Wildman–Crippen LogP) is 6.40. The number of rotatable bonds is 4. The van der Waals surface area contributed by atoms with Gasteiger partial charge in [0.2, 0.25) is 0 Å². The second-order valence-electron chi connectivity index (χ2n) is 8.72. The molecule has 6 heteroatoms. The van der Waals surface area contributed by atoms with Crippen molar-refractivity contribution in [1.29, 1.82) is 0 Å². The number of nitrogens with zero attached hydrogens (tertiary/aromatic N) is 2. The van der Waals surface area contributed by atoms with Crippen molar-refractivity contribution in [2.75, 3.05) is 19.6 Å². The molecular formula is C24H28F3N3. The van der Waals surface area contributed by atoms with Crippen LogP contribution in [0.25, 0.3) is 22.2 Å². The number of fused-ring (bicyclic) bond motifs is 1. The first kappa shape index (κ1) is 20.9. The number of alkyl halides is 3. The molecule has 0 amide bonds. The standard InChI is InChI=1S/C24H28F3N3/c1-15(2)22-20-13-18(17-7-10-30(11-8-17)14-24(25,26)27)4-5-21(20)29-23(22)19-6-9-28-16(3)12-19/h4-6,9,12-13,15,17,29H,7-8,10-11,14H2,1-3H3. The molecule has 0 bridgehead atoms. The topological polar surface area (TPSA) is 31.9 Å². The van der Waals surface area contributed by atoms with Crippen molar-refractivity contribution in [2.45, 2.75) is 51.6 Å². The van der Waals surface area contributed by atoms with Crippen LogP contribution in [0.2, 0.25) is 0 Å². The van der Waals surface area contributed by atoms with E-state index in [4.69, 9.17) is 0 Å². The highest BCUT2D eigenvalue weighted by molar-refractivity contribution is 5.92. The fourth-order valence-corrected chi connectivity index (χ4v) is 4.69. The number of piperidine rings is 1. The first-order chi connectivity index (χ1) is 14.2. The van der Waals surface area contributed by atoms with E-state index in [-0.39, 0.29) is 0 Å². The van der Waals surface area contributed by atoms with Crippen LogP contribution in [0.15, 0.2) is 36.5 Å². The highest BCUT2D eigenvalue weighted by Crippen LogP contribution is 2.38. The largest absolute Gasteiger partial charge is 0.401 e. The van der Waals surface area contributed by atoms with Gasteiger partial charge < -0.3 is 4.98 Å². The first-order valence-electron chi connectivity index (χ1n) is 10.6. The van der Waals surface area contributed by atoms with E-state index in [0.717, 1.165) is 35.3 Å². The monoisotopic (exact) mass is 415 g/mol. The summed E-state index contributed by atoms with van der Waals surface area (Å²) in [6.07, 6.45) is -0.760. The van der Waals surface area contributed by atoms with Crippen LogP contribution >= 0.6 is 0 Å². The fraction of sp³-hybridized carbons (Fsp3) is 0.458. The molecule has 1 fully saturated rings. The molecule has 4 rings (SSSR count). The van der Waals surface area contributed by atoms with Crippen molar-refractivity contribution in [3.63, 3.8) is 0 Å². The smallest absolute Gasteiger partial charge is 0.354 e. The molecule has 0 radical (unpaired) electrons. The van der Waals surface area contributed by atoms with E-state index in [9.17, 15) is 13.2 Å². The fourth-order valence-electron chi connectivity index (χ4n) is 4.69. The van der Waals surface area contributed by atoms with Crippen molar-refractivity contribution in [3.05, 3.63) is 53.3 Å². The normalized spacial score (nSPS) is 16.6. The molecule has 0 spiro atoms. The Morgan fingerprint density at radius 1 is 1.13 bits per heavy atom. The number of benzene rings is 1. The molecule has 3 aromatic rings. The number of hydrogen-bond acceptors (Lipinski definition) is 2. The van der Waals surface area contributed by atoms with Crippen LogP contribution in [-0.2, 0) is 0 Å². The Morgan fingerprint density at radius 3 is 2.50 bits per heavy atom. The van der Waals surface area contributed by atoms with Crippen LogP contribution in [0, 0.1) is 6.92 Å². The van der Waals surface area contributed by atoms with Crippen LogP contribution < -0.4 is 0 Å². The van der Waals surface area contributed by atoms with Gasteiger partial charge in [-0.1, -0.05) is 19.9 Å². The number of H-pyrrole nitrogens is 1.